The molecule has 0 saturated heterocycles. The minimum Gasteiger partial charge on any atom is -0.399 e. The highest BCUT2D eigenvalue weighted by molar-refractivity contribution is 7.89. The molecule has 5 nitrogen and oxygen atoms in total. The first-order valence-electron chi connectivity index (χ1n) is 5.20. The summed E-state index contributed by atoms with van der Waals surface area (Å²) in [6.07, 6.45) is 0. The Morgan fingerprint density at radius 3 is 2.39 bits per heavy atom. The van der Waals surface area contributed by atoms with Gasteiger partial charge in [-0.05, 0) is 19.1 Å². The molecule has 0 aromatic heterocycles. The summed E-state index contributed by atoms with van der Waals surface area (Å²) in [5.74, 6) is 0. The summed E-state index contributed by atoms with van der Waals surface area (Å²) in [6.45, 7) is 2.76. The second kappa shape index (κ2) is 6.58. The quantitative estimate of drug-likeness (QED) is 0.621. The van der Waals surface area contributed by atoms with E-state index in [9.17, 15) is 8.42 Å². The lowest BCUT2D eigenvalue weighted by Gasteiger charge is -2.10. The van der Waals surface area contributed by atoms with Crippen molar-refractivity contribution in [2.24, 2.45) is 0 Å². The fourth-order valence-corrected chi connectivity index (χ4v) is 3.54. The standard InChI is InChI=1S/C10H14Cl2N2O3S/c1-2-17-4-3-14-18(15,16)10-8(11)5-7(13)6-9(10)12/h5-6,14H,2-4,13H2,1H3. The van der Waals surface area contributed by atoms with Crippen molar-refractivity contribution in [2.45, 2.75) is 11.8 Å². The molecule has 0 fully saturated rings. The van der Waals surface area contributed by atoms with Crippen molar-refractivity contribution in [1.29, 1.82) is 0 Å². The molecule has 0 bridgehead atoms. The highest BCUT2D eigenvalue weighted by Crippen LogP contribution is 2.31. The van der Waals surface area contributed by atoms with E-state index in [0.717, 1.165) is 0 Å². The second-order valence-corrected chi connectivity index (χ2v) is 5.93. The molecule has 8 heteroatoms. The van der Waals surface area contributed by atoms with Gasteiger partial charge in [-0.2, -0.15) is 0 Å². The molecule has 0 heterocycles. The minimum atomic E-state index is -3.77. The van der Waals surface area contributed by atoms with E-state index in [0.29, 0.717) is 12.3 Å². The van der Waals surface area contributed by atoms with Crippen LogP contribution in [-0.2, 0) is 14.8 Å². The number of rotatable bonds is 6. The molecule has 18 heavy (non-hydrogen) atoms. The molecule has 0 aliphatic heterocycles. The first kappa shape index (κ1) is 15.5. The molecular weight excluding hydrogens is 299 g/mol. The molecule has 1 rings (SSSR count). The summed E-state index contributed by atoms with van der Waals surface area (Å²) in [4.78, 5) is -0.170. The number of nitrogen functional groups attached to an aromatic ring is 1. The van der Waals surface area contributed by atoms with E-state index in [-0.39, 0.29) is 28.1 Å². The predicted molar refractivity (Wildman–Crippen MR) is 72.6 cm³/mol. The number of sulfonamides is 1. The Labute approximate surface area is 116 Å². The zero-order chi connectivity index (χ0) is 13.8. The van der Waals surface area contributed by atoms with Gasteiger partial charge in [0, 0.05) is 18.8 Å². The van der Waals surface area contributed by atoms with Crippen LogP contribution in [0.15, 0.2) is 17.0 Å². The highest BCUT2D eigenvalue weighted by atomic mass is 35.5. The van der Waals surface area contributed by atoms with Crippen molar-refractivity contribution in [3.8, 4) is 0 Å². The Kier molecular flexibility index (Phi) is 5.68. The van der Waals surface area contributed by atoms with Gasteiger partial charge in [-0.15, -0.1) is 0 Å². The summed E-state index contributed by atoms with van der Waals surface area (Å²) in [6, 6.07) is 2.68. The third-order valence-electron chi connectivity index (χ3n) is 2.03. The van der Waals surface area contributed by atoms with Crippen LogP contribution in [0.3, 0.4) is 0 Å². The number of ether oxygens (including phenoxy) is 1. The van der Waals surface area contributed by atoms with E-state index >= 15 is 0 Å². The van der Waals surface area contributed by atoms with E-state index in [1.165, 1.54) is 12.1 Å². The summed E-state index contributed by atoms with van der Waals surface area (Å²) >= 11 is 11.7. The van der Waals surface area contributed by atoms with E-state index in [1.54, 1.807) is 0 Å². The number of benzene rings is 1. The number of nitrogens with two attached hydrogens (primary N) is 1. The van der Waals surface area contributed by atoms with E-state index in [4.69, 9.17) is 33.7 Å². The molecule has 0 saturated carbocycles. The number of halogens is 2. The number of hydrogen-bond acceptors (Lipinski definition) is 4. The molecule has 0 spiro atoms. The maximum Gasteiger partial charge on any atom is 0.243 e. The Morgan fingerprint density at radius 2 is 1.89 bits per heavy atom. The normalized spacial score (nSPS) is 11.7. The number of nitrogens with one attached hydrogen (secondary N) is 1. The zero-order valence-electron chi connectivity index (χ0n) is 9.74. The third kappa shape index (κ3) is 4.00. The first-order valence-corrected chi connectivity index (χ1v) is 7.44. The molecule has 1 aromatic carbocycles. The fourth-order valence-electron chi connectivity index (χ4n) is 1.30. The van der Waals surface area contributed by atoms with Gasteiger partial charge in [0.05, 0.1) is 16.7 Å². The van der Waals surface area contributed by atoms with Crippen LogP contribution in [0, 0.1) is 0 Å². The summed E-state index contributed by atoms with van der Waals surface area (Å²) in [7, 11) is -3.77. The number of hydrogen-bond donors (Lipinski definition) is 2. The maximum absolute atomic E-state index is 12.0. The van der Waals surface area contributed by atoms with Gasteiger partial charge >= 0.3 is 0 Å². The molecule has 1 aromatic rings. The average Bonchev–Trinajstić information content (AvgIpc) is 2.22. The van der Waals surface area contributed by atoms with Gasteiger partial charge in [-0.1, -0.05) is 23.2 Å². The molecule has 0 aliphatic carbocycles. The van der Waals surface area contributed by atoms with Crippen molar-refractivity contribution in [2.75, 3.05) is 25.5 Å². The lowest BCUT2D eigenvalue weighted by Crippen LogP contribution is -2.28. The van der Waals surface area contributed by atoms with Crippen LogP contribution in [0.25, 0.3) is 0 Å². The summed E-state index contributed by atoms with van der Waals surface area (Å²) in [5, 5.41) is -0.0205. The molecule has 0 unspecified atom stereocenters. The maximum atomic E-state index is 12.0. The smallest absolute Gasteiger partial charge is 0.243 e. The largest absolute Gasteiger partial charge is 0.399 e. The lowest BCUT2D eigenvalue weighted by atomic mass is 10.3. The highest BCUT2D eigenvalue weighted by Gasteiger charge is 2.21. The van der Waals surface area contributed by atoms with Crippen molar-refractivity contribution in [3.05, 3.63) is 22.2 Å². The summed E-state index contributed by atoms with van der Waals surface area (Å²) in [5.41, 5.74) is 5.81. The van der Waals surface area contributed by atoms with Crippen LogP contribution in [-0.4, -0.2) is 28.2 Å². The number of anilines is 1. The summed E-state index contributed by atoms with van der Waals surface area (Å²) < 4.78 is 31.3. The lowest BCUT2D eigenvalue weighted by molar-refractivity contribution is 0.153. The molecule has 0 amide bonds. The van der Waals surface area contributed by atoms with E-state index in [1.807, 2.05) is 6.92 Å². The van der Waals surface area contributed by atoms with Gasteiger partial charge in [0.25, 0.3) is 0 Å². The molecule has 3 N–H and O–H groups in total. The predicted octanol–water partition coefficient (Wildman–Crippen LogP) is 1.89. The Bertz CT molecular complexity index is 497. The van der Waals surface area contributed by atoms with Gasteiger partial charge in [0.2, 0.25) is 10.0 Å². The molecular formula is C10H14Cl2N2O3S. The topological polar surface area (TPSA) is 81.4 Å². The molecule has 102 valence electrons. The van der Waals surface area contributed by atoms with Gasteiger partial charge in [-0.25, -0.2) is 13.1 Å². The van der Waals surface area contributed by atoms with Crippen molar-refractivity contribution < 1.29 is 13.2 Å². The van der Waals surface area contributed by atoms with E-state index in [2.05, 4.69) is 4.72 Å². The average molecular weight is 313 g/mol. The van der Waals surface area contributed by atoms with Crippen LogP contribution in [0.2, 0.25) is 10.0 Å². The Balaban J connectivity index is 2.92. The van der Waals surface area contributed by atoms with Crippen LogP contribution in [0.4, 0.5) is 5.69 Å². The Hall–Kier alpha value is -0.530. The van der Waals surface area contributed by atoms with Crippen LogP contribution >= 0.6 is 23.2 Å². The van der Waals surface area contributed by atoms with Crippen molar-refractivity contribution >= 4 is 38.9 Å². The molecule has 0 radical (unpaired) electrons. The van der Waals surface area contributed by atoms with Crippen LogP contribution in [0.1, 0.15) is 6.92 Å². The van der Waals surface area contributed by atoms with Gasteiger partial charge in [0.1, 0.15) is 4.90 Å². The van der Waals surface area contributed by atoms with Gasteiger partial charge in [-0.3, -0.25) is 0 Å². The monoisotopic (exact) mass is 312 g/mol. The molecule has 0 aliphatic rings. The van der Waals surface area contributed by atoms with Crippen LogP contribution < -0.4 is 10.5 Å². The van der Waals surface area contributed by atoms with Crippen LogP contribution in [0.5, 0.6) is 0 Å². The zero-order valence-corrected chi connectivity index (χ0v) is 12.1. The van der Waals surface area contributed by atoms with Crippen molar-refractivity contribution in [1.82, 2.24) is 4.72 Å². The van der Waals surface area contributed by atoms with E-state index < -0.39 is 10.0 Å². The van der Waals surface area contributed by atoms with Gasteiger partial charge in [0.15, 0.2) is 0 Å². The molecule has 0 atom stereocenters. The second-order valence-electron chi connectivity index (χ2n) is 3.41. The van der Waals surface area contributed by atoms with Crippen molar-refractivity contribution in [3.63, 3.8) is 0 Å². The third-order valence-corrected chi connectivity index (χ3v) is 4.41. The SMILES string of the molecule is CCOCCNS(=O)(=O)c1c(Cl)cc(N)cc1Cl. The first-order chi connectivity index (χ1) is 8.38. The van der Waals surface area contributed by atoms with Gasteiger partial charge < -0.3 is 10.5 Å². The Morgan fingerprint density at radius 1 is 1.33 bits per heavy atom. The fraction of sp³-hybridized carbons (Fsp3) is 0.400. The minimum absolute atomic E-state index is 0.0103.